The SMILES string of the molecule is O=C1Nc2c(C(F)(F)F)cccc2C1(c1ccc(O)cc1)c1nccs1. The largest absolute Gasteiger partial charge is 0.508 e. The lowest BCUT2D eigenvalue weighted by atomic mass is 9.75. The van der Waals surface area contributed by atoms with Crippen molar-refractivity contribution < 1.29 is 23.1 Å². The molecule has 1 amide bonds. The third-order valence-electron chi connectivity index (χ3n) is 4.41. The van der Waals surface area contributed by atoms with Gasteiger partial charge in [-0.3, -0.25) is 4.79 Å². The number of phenolic OH excluding ortho intramolecular Hbond substituents is 1. The number of carbonyl (C=O) groups is 1. The van der Waals surface area contributed by atoms with Gasteiger partial charge in [0.25, 0.3) is 0 Å². The van der Waals surface area contributed by atoms with Crippen LogP contribution in [-0.4, -0.2) is 16.0 Å². The van der Waals surface area contributed by atoms with E-state index in [4.69, 9.17) is 0 Å². The van der Waals surface area contributed by atoms with E-state index in [1.165, 1.54) is 53.9 Å². The summed E-state index contributed by atoms with van der Waals surface area (Å²) in [5, 5.41) is 14.0. The lowest BCUT2D eigenvalue weighted by Gasteiger charge is -2.26. The molecule has 4 nitrogen and oxygen atoms in total. The molecule has 0 bridgehead atoms. The van der Waals surface area contributed by atoms with Crippen LogP contribution >= 0.6 is 11.3 Å². The maximum absolute atomic E-state index is 13.4. The number of amides is 1. The molecule has 4 rings (SSSR count). The van der Waals surface area contributed by atoms with Crippen molar-refractivity contribution in [2.24, 2.45) is 0 Å². The van der Waals surface area contributed by atoms with E-state index in [0.717, 1.165) is 6.07 Å². The average Bonchev–Trinajstić information content (AvgIpc) is 3.20. The molecule has 2 heterocycles. The fourth-order valence-electron chi connectivity index (χ4n) is 3.31. The molecule has 0 aliphatic carbocycles. The van der Waals surface area contributed by atoms with Crippen molar-refractivity contribution in [1.82, 2.24) is 4.98 Å². The molecule has 1 aliphatic heterocycles. The molecule has 8 heteroatoms. The molecule has 1 aromatic heterocycles. The van der Waals surface area contributed by atoms with Crippen molar-refractivity contribution in [1.29, 1.82) is 0 Å². The van der Waals surface area contributed by atoms with E-state index >= 15 is 0 Å². The third-order valence-corrected chi connectivity index (χ3v) is 5.30. The number of fused-ring (bicyclic) bond motifs is 1. The first-order valence-corrected chi connectivity index (χ1v) is 8.44. The summed E-state index contributed by atoms with van der Waals surface area (Å²) in [4.78, 5) is 17.3. The molecule has 1 atom stereocenters. The van der Waals surface area contributed by atoms with Crippen LogP contribution in [0.1, 0.15) is 21.7 Å². The summed E-state index contributed by atoms with van der Waals surface area (Å²) in [5.74, 6) is -0.615. The van der Waals surface area contributed by atoms with E-state index in [1.807, 2.05) is 0 Å². The monoisotopic (exact) mass is 376 g/mol. The summed E-state index contributed by atoms with van der Waals surface area (Å²) in [6.45, 7) is 0. The molecule has 0 spiro atoms. The second-order valence-corrected chi connectivity index (χ2v) is 6.71. The number of benzene rings is 2. The predicted octanol–water partition coefficient (Wildman–Crippen LogP) is 4.15. The molecule has 2 aromatic carbocycles. The molecule has 2 N–H and O–H groups in total. The number of nitrogens with zero attached hydrogens (tertiary/aromatic N) is 1. The number of aromatic nitrogens is 1. The summed E-state index contributed by atoms with van der Waals surface area (Å²) < 4.78 is 40.3. The lowest BCUT2D eigenvalue weighted by molar-refractivity contribution is -0.136. The number of hydrogen-bond donors (Lipinski definition) is 2. The van der Waals surface area contributed by atoms with E-state index in [2.05, 4.69) is 10.3 Å². The Morgan fingerprint density at radius 2 is 1.85 bits per heavy atom. The highest BCUT2D eigenvalue weighted by Gasteiger charge is 2.54. The minimum Gasteiger partial charge on any atom is -0.508 e. The average molecular weight is 376 g/mol. The predicted molar refractivity (Wildman–Crippen MR) is 90.2 cm³/mol. The Kier molecular flexibility index (Phi) is 3.55. The Morgan fingerprint density at radius 1 is 1.12 bits per heavy atom. The van der Waals surface area contributed by atoms with E-state index in [-0.39, 0.29) is 17.0 Å². The lowest BCUT2D eigenvalue weighted by Crippen LogP contribution is -2.36. The molecule has 0 fully saturated rings. The number of hydrogen-bond acceptors (Lipinski definition) is 4. The van der Waals surface area contributed by atoms with Gasteiger partial charge in [0.1, 0.15) is 10.8 Å². The summed E-state index contributed by atoms with van der Waals surface area (Å²) in [7, 11) is 0. The molecule has 0 radical (unpaired) electrons. The van der Waals surface area contributed by atoms with Crippen molar-refractivity contribution >= 4 is 22.9 Å². The van der Waals surface area contributed by atoms with Gasteiger partial charge in [-0.05, 0) is 23.8 Å². The quantitative estimate of drug-likeness (QED) is 0.706. The molecule has 0 saturated heterocycles. The zero-order valence-corrected chi connectivity index (χ0v) is 13.9. The van der Waals surface area contributed by atoms with Gasteiger partial charge in [-0.25, -0.2) is 4.98 Å². The zero-order chi connectivity index (χ0) is 18.5. The maximum atomic E-state index is 13.4. The molecule has 132 valence electrons. The van der Waals surface area contributed by atoms with Crippen LogP contribution in [0.15, 0.2) is 54.0 Å². The molecule has 1 unspecified atom stereocenters. The van der Waals surface area contributed by atoms with Crippen LogP contribution in [0, 0.1) is 0 Å². The van der Waals surface area contributed by atoms with Gasteiger partial charge in [0.15, 0.2) is 5.41 Å². The number of aromatic hydroxyl groups is 1. The normalized spacial score (nSPS) is 19.3. The number of para-hydroxylation sites is 1. The second kappa shape index (κ2) is 5.57. The van der Waals surface area contributed by atoms with Gasteiger partial charge in [0.05, 0.1) is 11.3 Å². The van der Waals surface area contributed by atoms with Gasteiger partial charge in [0, 0.05) is 17.1 Å². The molecule has 3 aromatic rings. The summed E-state index contributed by atoms with van der Waals surface area (Å²) in [6.07, 6.45) is -3.10. The highest BCUT2D eigenvalue weighted by Crippen LogP contribution is 2.51. The van der Waals surface area contributed by atoms with E-state index in [1.54, 1.807) is 5.38 Å². The minimum atomic E-state index is -4.60. The fraction of sp³-hybridized carbons (Fsp3) is 0.111. The van der Waals surface area contributed by atoms with Crippen LogP contribution in [0.3, 0.4) is 0 Å². The molecule has 1 aliphatic rings. The number of halogens is 3. The number of carbonyl (C=O) groups excluding carboxylic acids is 1. The zero-order valence-electron chi connectivity index (χ0n) is 13.0. The highest BCUT2D eigenvalue weighted by atomic mass is 32.1. The van der Waals surface area contributed by atoms with Crippen LogP contribution in [0.2, 0.25) is 0 Å². The van der Waals surface area contributed by atoms with E-state index in [9.17, 15) is 23.1 Å². The minimum absolute atomic E-state index is 0.00860. The van der Waals surface area contributed by atoms with Crippen molar-refractivity contribution in [3.63, 3.8) is 0 Å². The van der Waals surface area contributed by atoms with E-state index in [0.29, 0.717) is 10.6 Å². The van der Waals surface area contributed by atoms with Crippen LogP contribution in [-0.2, 0) is 16.4 Å². The van der Waals surface area contributed by atoms with Gasteiger partial charge in [0.2, 0.25) is 5.91 Å². The number of alkyl halides is 3. The number of rotatable bonds is 2. The molecule has 0 saturated carbocycles. The van der Waals surface area contributed by atoms with E-state index < -0.39 is 23.1 Å². The third kappa shape index (κ3) is 2.22. The van der Waals surface area contributed by atoms with Crippen LogP contribution in [0.25, 0.3) is 0 Å². The first-order valence-electron chi connectivity index (χ1n) is 7.57. The highest BCUT2D eigenvalue weighted by molar-refractivity contribution is 7.10. The topological polar surface area (TPSA) is 62.2 Å². The Labute approximate surface area is 149 Å². The number of anilines is 1. The van der Waals surface area contributed by atoms with Crippen molar-refractivity contribution in [2.75, 3.05) is 5.32 Å². The number of phenols is 1. The fourth-order valence-corrected chi connectivity index (χ4v) is 4.18. The number of thiazole rings is 1. The van der Waals surface area contributed by atoms with Crippen molar-refractivity contribution in [2.45, 2.75) is 11.6 Å². The first kappa shape index (κ1) is 16.6. The van der Waals surface area contributed by atoms with Gasteiger partial charge in [-0.1, -0.05) is 24.3 Å². The van der Waals surface area contributed by atoms with Gasteiger partial charge >= 0.3 is 6.18 Å². The van der Waals surface area contributed by atoms with Gasteiger partial charge < -0.3 is 10.4 Å². The Hall–Kier alpha value is -2.87. The Morgan fingerprint density at radius 3 is 2.46 bits per heavy atom. The second-order valence-electron chi connectivity index (χ2n) is 5.81. The van der Waals surface area contributed by atoms with Gasteiger partial charge in [-0.2, -0.15) is 13.2 Å². The molecule has 26 heavy (non-hydrogen) atoms. The van der Waals surface area contributed by atoms with Gasteiger partial charge in [-0.15, -0.1) is 11.3 Å². The van der Waals surface area contributed by atoms with Crippen LogP contribution in [0.4, 0.5) is 18.9 Å². The van der Waals surface area contributed by atoms with Crippen molar-refractivity contribution in [3.05, 3.63) is 75.7 Å². The Bertz CT molecular complexity index is 985. The summed E-state index contributed by atoms with van der Waals surface area (Å²) in [5.41, 5.74) is -2.04. The van der Waals surface area contributed by atoms with Crippen LogP contribution < -0.4 is 5.32 Å². The van der Waals surface area contributed by atoms with Crippen molar-refractivity contribution in [3.8, 4) is 5.75 Å². The molecular formula is C18H11F3N2O2S. The smallest absolute Gasteiger partial charge is 0.418 e. The summed E-state index contributed by atoms with van der Waals surface area (Å²) >= 11 is 1.18. The first-order chi connectivity index (χ1) is 12.3. The summed E-state index contributed by atoms with van der Waals surface area (Å²) in [6, 6.07) is 9.54. The maximum Gasteiger partial charge on any atom is 0.418 e. The van der Waals surface area contributed by atoms with Crippen LogP contribution in [0.5, 0.6) is 5.75 Å². The standard InChI is InChI=1S/C18H11F3N2O2S/c19-18(20,21)13-3-1-2-12-14(13)23-15(25)17(12,16-22-8-9-26-16)10-4-6-11(24)7-5-10/h1-9,24H,(H,23,25). The molecular weight excluding hydrogens is 365 g/mol. The Balaban J connectivity index is 2.07. The number of nitrogens with one attached hydrogen (secondary N) is 1.